The lowest BCUT2D eigenvalue weighted by atomic mass is 10.1. The van der Waals surface area contributed by atoms with Gasteiger partial charge < -0.3 is 15.8 Å². The van der Waals surface area contributed by atoms with Crippen LogP contribution in [-0.4, -0.2) is 38.6 Å². The number of nitrogens with two attached hydrogens (primary N) is 1. The highest BCUT2D eigenvalue weighted by atomic mass is 32.1. The Bertz CT molecular complexity index is 990. The van der Waals surface area contributed by atoms with Crippen LogP contribution in [-0.2, 0) is 11.8 Å². The van der Waals surface area contributed by atoms with Crippen molar-refractivity contribution in [2.75, 3.05) is 5.32 Å². The van der Waals surface area contributed by atoms with E-state index in [-0.39, 0.29) is 32.4 Å². The molecule has 2 heterocycles. The molecule has 0 atom stereocenters. The summed E-state index contributed by atoms with van der Waals surface area (Å²) in [5.74, 6) is -2.38. The van der Waals surface area contributed by atoms with E-state index in [1.54, 1.807) is 13.8 Å². The van der Waals surface area contributed by atoms with Crippen molar-refractivity contribution in [3.05, 3.63) is 37.5 Å². The average molecular weight is 409 g/mol. The van der Waals surface area contributed by atoms with Crippen LogP contribution in [0.25, 0.3) is 0 Å². The van der Waals surface area contributed by atoms with Gasteiger partial charge in [0.2, 0.25) is 5.69 Å². The van der Waals surface area contributed by atoms with E-state index in [9.17, 15) is 24.5 Å². The Morgan fingerprint density at radius 2 is 1.93 bits per heavy atom. The Morgan fingerprint density at radius 3 is 2.43 bits per heavy atom. The van der Waals surface area contributed by atoms with Crippen LogP contribution in [0.1, 0.15) is 55.6 Å². The molecule has 0 aliphatic heterocycles. The molecule has 0 aromatic carbocycles. The molecule has 0 saturated heterocycles. The van der Waals surface area contributed by atoms with Crippen molar-refractivity contribution in [1.29, 1.82) is 0 Å². The summed E-state index contributed by atoms with van der Waals surface area (Å²) in [6.45, 7) is 6.20. The molecule has 0 radical (unpaired) electrons. The van der Waals surface area contributed by atoms with Crippen LogP contribution in [0.4, 0.5) is 10.7 Å². The van der Waals surface area contributed by atoms with Crippen LogP contribution in [0.3, 0.4) is 0 Å². The lowest BCUT2D eigenvalue weighted by Crippen LogP contribution is -2.20. The summed E-state index contributed by atoms with van der Waals surface area (Å²) < 4.78 is 6.24. The third kappa shape index (κ3) is 3.86. The van der Waals surface area contributed by atoms with Crippen molar-refractivity contribution >= 4 is 39.8 Å². The number of amides is 2. The zero-order valence-corrected chi connectivity index (χ0v) is 16.7. The van der Waals surface area contributed by atoms with E-state index < -0.39 is 34.5 Å². The van der Waals surface area contributed by atoms with Gasteiger partial charge in [-0.05, 0) is 33.3 Å². The number of aromatic nitrogens is 2. The van der Waals surface area contributed by atoms with Crippen molar-refractivity contribution in [2.45, 2.75) is 33.8 Å². The molecule has 2 aromatic heterocycles. The maximum Gasteiger partial charge on any atom is 0.341 e. The minimum atomic E-state index is -0.856. The third-order valence-electron chi connectivity index (χ3n) is 3.73. The zero-order valence-electron chi connectivity index (χ0n) is 15.9. The van der Waals surface area contributed by atoms with Crippen molar-refractivity contribution in [3.8, 4) is 0 Å². The van der Waals surface area contributed by atoms with E-state index in [1.807, 2.05) is 0 Å². The van der Waals surface area contributed by atoms with Crippen LogP contribution in [0.15, 0.2) is 0 Å². The average Bonchev–Trinajstić information content (AvgIpc) is 3.02. The number of hydrogen-bond acceptors (Lipinski definition) is 8. The summed E-state index contributed by atoms with van der Waals surface area (Å²) in [5, 5.41) is 17.7. The number of aryl methyl sites for hydroxylation is 2. The predicted molar refractivity (Wildman–Crippen MR) is 101 cm³/mol. The number of carbonyl (C=O) groups excluding carboxylic acids is 3. The molecule has 12 heteroatoms. The van der Waals surface area contributed by atoms with Crippen LogP contribution in [0, 0.1) is 24.0 Å². The van der Waals surface area contributed by atoms with Crippen LogP contribution in [0.2, 0.25) is 0 Å². The summed E-state index contributed by atoms with van der Waals surface area (Å²) in [7, 11) is 1.39. The maximum absolute atomic E-state index is 12.7. The number of nitro groups is 1. The summed E-state index contributed by atoms with van der Waals surface area (Å²) >= 11 is 0.793. The first-order chi connectivity index (χ1) is 13.0. The lowest BCUT2D eigenvalue weighted by molar-refractivity contribution is -0.385. The van der Waals surface area contributed by atoms with Gasteiger partial charge in [-0.25, -0.2) is 4.79 Å². The fraction of sp³-hybridized carbons (Fsp3) is 0.375. The van der Waals surface area contributed by atoms with E-state index in [0.717, 1.165) is 16.0 Å². The number of rotatable bonds is 6. The van der Waals surface area contributed by atoms with Crippen molar-refractivity contribution in [2.24, 2.45) is 12.8 Å². The standard InChI is InChI=1S/C16H19N5O6S/c1-6(2)27-16(24)9-7(3)12(13(17)22)28-15(9)18-14(23)11-10(21(25)26)8(4)19-20(11)5/h6H,1-5H3,(H2,17,22)(H,18,23). The highest BCUT2D eigenvalue weighted by molar-refractivity contribution is 7.18. The first-order valence-electron chi connectivity index (χ1n) is 8.09. The van der Waals surface area contributed by atoms with Crippen LogP contribution < -0.4 is 11.1 Å². The summed E-state index contributed by atoms with van der Waals surface area (Å²) in [6.07, 6.45) is -0.437. The number of hydrogen-bond donors (Lipinski definition) is 2. The summed E-state index contributed by atoms with van der Waals surface area (Å²) in [4.78, 5) is 47.5. The second-order valence-corrected chi connectivity index (χ2v) is 7.22. The Kier molecular flexibility index (Phi) is 5.83. The largest absolute Gasteiger partial charge is 0.459 e. The number of anilines is 1. The number of esters is 1. The SMILES string of the molecule is Cc1nn(C)c(C(=O)Nc2sc(C(N)=O)c(C)c2C(=O)OC(C)C)c1[N+](=O)[O-]. The highest BCUT2D eigenvalue weighted by Crippen LogP contribution is 2.34. The molecule has 0 aliphatic rings. The number of nitrogens with zero attached hydrogens (tertiary/aromatic N) is 3. The molecule has 0 unspecified atom stereocenters. The van der Waals surface area contributed by atoms with E-state index in [0.29, 0.717) is 0 Å². The Labute approximate surface area is 163 Å². The highest BCUT2D eigenvalue weighted by Gasteiger charge is 2.32. The van der Waals surface area contributed by atoms with Gasteiger partial charge in [0.05, 0.1) is 21.5 Å². The number of nitrogens with one attached hydrogen (secondary N) is 1. The van der Waals surface area contributed by atoms with E-state index in [1.165, 1.54) is 20.9 Å². The zero-order chi connectivity index (χ0) is 21.3. The quantitative estimate of drug-likeness (QED) is 0.419. The molecule has 3 N–H and O–H groups in total. The van der Waals surface area contributed by atoms with Gasteiger partial charge in [-0.2, -0.15) is 5.10 Å². The van der Waals surface area contributed by atoms with E-state index >= 15 is 0 Å². The molecule has 0 bridgehead atoms. The van der Waals surface area contributed by atoms with Gasteiger partial charge in [0.15, 0.2) is 0 Å². The third-order valence-corrected chi connectivity index (χ3v) is 4.95. The minimum Gasteiger partial charge on any atom is -0.459 e. The smallest absolute Gasteiger partial charge is 0.341 e. The summed E-state index contributed by atoms with van der Waals surface area (Å²) in [5.41, 5.74) is 4.89. The Morgan fingerprint density at radius 1 is 1.32 bits per heavy atom. The van der Waals surface area contributed by atoms with Crippen molar-refractivity contribution in [1.82, 2.24) is 9.78 Å². The molecule has 2 amide bonds. The molecule has 150 valence electrons. The molecular formula is C16H19N5O6S. The molecule has 11 nitrogen and oxygen atoms in total. The minimum absolute atomic E-state index is 0.00935. The maximum atomic E-state index is 12.7. The van der Waals surface area contributed by atoms with Gasteiger partial charge in [-0.1, -0.05) is 0 Å². The number of thiophene rings is 1. The van der Waals surface area contributed by atoms with Gasteiger partial charge in [0, 0.05) is 7.05 Å². The number of ether oxygens (including phenoxy) is 1. The van der Waals surface area contributed by atoms with Gasteiger partial charge in [-0.15, -0.1) is 11.3 Å². The van der Waals surface area contributed by atoms with Crippen molar-refractivity contribution in [3.63, 3.8) is 0 Å². The summed E-state index contributed by atoms with van der Waals surface area (Å²) in [6, 6.07) is 0. The van der Waals surface area contributed by atoms with Gasteiger partial charge >= 0.3 is 11.7 Å². The molecule has 2 aromatic rings. The fourth-order valence-corrected chi connectivity index (χ4v) is 3.68. The molecule has 0 saturated carbocycles. The van der Waals surface area contributed by atoms with E-state index in [4.69, 9.17) is 10.5 Å². The van der Waals surface area contributed by atoms with Gasteiger partial charge in [0.1, 0.15) is 10.7 Å². The molecular weight excluding hydrogens is 390 g/mol. The molecule has 2 rings (SSSR count). The first-order valence-corrected chi connectivity index (χ1v) is 8.90. The first kappa shape index (κ1) is 21.0. The van der Waals surface area contributed by atoms with Crippen LogP contribution >= 0.6 is 11.3 Å². The molecule has 0 spiro atoms. The molecule has 28 heavy (non-hydrogen) atoms. The van der Waals surface area contributed by atoms with E-state index in [2.05, 4.69) is 10.4 Å². The topological polar surface area (TPSA) is 159 Å². The normalized spacial score (nSPS) is 10.8. The Balaban J connectivity index is 2.53. The number of carbonyl (C=O) groups is 3. The van der Waals surface area contributed by atoms with Gasteiger partial charge in [-0.3, -0.25) is 24.4 Å². The van der Waals surface area contributed by atoms with Gasteiger partial charge in [0.25, 0.3) is 11.8 Å². The van der Waals surface area contributed by atoms with Crippen molar-refractivity contribution < 1.29 is 24.0 Å². The fourth-order valence-electron chi connectivity index (χ4n) is 2.64. The predicted octanol–water partition coefficient (Wildman–Crippen LogP) is 1.92. The van der Waals surface area contributed by atoms with Crippen LogP contribution in [0.5, 0.6) is 0 Å². The monoisotopic (exact) mass is 409 g/mol. The molecule has 0 aliphatic carbocycles. The second-order valence-electron chi connectivity index (χ2n) is 6.20. The second kappa shape index (κ2) is 7.76. The number of primary amides is 1. The lowest BCUT2D eigenvalue weighted by Gasteiger charge is -2.10. The Hall–Kier alpha value is -3.28. The molecule has 0 fully saturated rings.